The van der Waals surface area contributed by atoms with Crippen LogP contribution in [-0.4, -0.2) is 49.7 Å². The third-order valence-corrected chi connectivity index (χ3v) is 8.02. The van der Waals surface area contributed by atoms with Gasteiger partial charge in [-0.3, -0.25) is 14.6 Å². The topological polar surface area (TPSA) is 99.7 Å². The van der Waals surface area contributed by atoms with Gasteiger partial charge in [0.1, 0.15) is 0 Å². The lowest BCUT2D eigenvalue weighted by molar-refractivity contribution is -0.122. The zero-order valence-corrected chi connectivity index (χ0v) is 18.6. The van der Waals surface area contributed by atoms with Gasteiger partial charge in [-0.2, -0.15) is 4.31 Å². The molecule has 4 rings (SSSR count). The minimum Gasteiger partial charge on any atom is -0.324 e. The quantitative estimate of drug-likeness (QED) is 0.784. The molecule has 1 aromatic heterocycles. The molecule has 2 aromatic rings. The largest absolute Gasteiger partial charge is 0.324 e. The van der Waals surface area contributed by atoms with Gasteiger partial charge in [-0.1, -0.05) is 0 Å². The maximum absolute atomic E-state index is 13.4. The molecule has 0 spiro atoms. The average molecular weight is 443 g/mol. The highest BCUT2D eigenvalue weighted by atomic mass is 32.2. The maximum Gasteiger partial charge on any atom is 0.243 e. The summed E-state index contributed by atoms with van der Waals surface area (Å²) in [5.74, 6) is -0.723. The lowest BCUT2D eigenvalue weighted by atomic mass is 9.86. The number of likely N-dealkylation sites (N-methyl/N-ethyl adjacent to an activating group) is 1. The molecule has 2 aliphatic rings. The monoisotopic (exact) mass is 442 g/mol. The summed E-state index contributed by atoms with van der Waals surface area (Å²) in [4.78, 5) is 30.9. The standard InChI is InChI=1S/C22H26N4O4S/c1-22(2)18-12-17(8-9-19(18)25(3)21(22)28)31(29,30)26-11-5-6-15(14-26)20(27)24-16-7-4-10-23-13-16/h4,7-10,12-13,15H,5-6,11,14H2,1-3H3,(H,24,27). The highest BCUT2D eigenvalue weighted by Gasteiger charge is 2.43. The lowest BCUT2D eigenvalue weighted by Crippen LogP contribution is -2.43. The summed E-state index contributed by atoms with van der Waals surface area (Å²) in [6.45, 7) is 4.08. The van der Waals surface area contributed by atoms with Crippen molar-refractivity contribution in [2.24, 2.45) is 5.92 Å². The number of hydrogen-bond acceptors (Lipinski definition) is 5. The SMILES string of the molecule is CN1C(=O)C(C)(C)c2cc(S(=O)(=O)N3CCCC(C(=O)Nc4cccnc4)C3)ccc21. The van der Waals surface area contributed by atoms with Crippen molar-refractivity contribution >= 4 is 33.2 Å². The van der Waals surface area contributed by atoms with Crippen LogP contribution < -0.4 is 10.2 Å². The molecule has 164 valence electrons. The number of piperidine rings is 1. The Labute approximate surface area is 182 Å². The number of sulfonamides is 1. The second-order valence-electron chi connectivity index (χ2n) is 8.60. The molecule has 1 atom stereocenters. The predicted octanol–water partition coefficient (Wildman–Crippen LogP) is 2.38. The fraction of sp³-hybridized carbons (Fsp3) is 0.409. The van der Waals surface area contributed by atoms with Crippen LogP contribution >= 0.6 is 0 Å². The molecule has 3 heterocycles. The number of amides is 2. The molecule has 1 saturated heterocycles. The van der Waals surface area contributed by atoms with E-state index in [1.165, 1.54) is 4.31 Å². The van der Waals surface area contributed by atoms with Crippen molar-refractivity contribution < 1.29 is 18.0 Å². The number of rotatable bonds is 4. The third kappa shape index (κ3) is 3.72. The van der Waals surface area contributed by atoms with Crippen molar-refractivity contribution in [2.75, 3.05) is 30.4 Å². The molecule has 1 unspecified atom stereocenters. The van der Waals surface area contributed by atoms with Gasteiger partial charge < -0.3 is 10.2 Å². The van der Waals surface area contributed by atoms with Crippen molar-refractivity contribution in [1.29, 1.82) is 0 Å². The van der Waals surface area contributed by atoms with Crippen LogP contribution in [-0.2, 0) is 25.0 Å². The number of fused-ring (bicyclic) bond motifs is 1. The Hall–Kier alpha value is -2.78. The van der Waals surface area contributed by atoms with E-state index >= 15 is 0 Å². The number of carbonyl (C=O) groups excluding carboxylic acids is 2. The molecular weight excluding hydrogens is 416 g/mol. The molecule has 0 saturated carbocycles. The second kappa shape index (κ2) is 7.72. The van der Waals surface area contributed by atoms with E-state index in [9.17, 15) is 18.0 Å². The summed E-state index contributed by atoms with van der Waals surface area (Å²) in [5.41, 5.74) is 1.22. The number of nitrogens with one attached hydrogen (secondary N) is 1. The Bertz CT molecular complexity index is 1130. The van der Waals surface area contributed by atoms with Gasteiger partial charge in [0.2, 0.25) is 21.8 Å². The van der Waals surface area contributed by atoms with E-state index in [1.54, 1.807) is 68.5 Å². The van der Waals surface area contributed by atoms with E-state index in [0.717, 1.165) is 5.69 Å². The Morgan fingerprint density at radius 3 is 2.74 bits per heavy atom. The van der Waals surface area contributed by atoms with Gasteiger partial charge in [-0.05, 0) is 62.6 Å². The Balaban J connectivity index is 1.56. The molecule has 0 aliphatic carbocycles. The summed E-state index contributed by atoms with van der Waals surface area (Å²) >= 11 is 0. The molecule has 9 heteroatoms. The zero-order chi connectivity index (χ0) is 22.4. The number of aromatic nitrogens is 1. The van der Waals surface area contributed by atoms with Crippen LogP contribution in [0.1, 0.15) is 32.3 Å². The molecule has 1 fully saturated rings. The Morgan fingerprint density at radius 2 is 2.03 bits per heavy atom. The van der Waals surface area contributed by atoms with Crippen molar-refractivity contribution in [2.45, 2.75) is 37.0 Å². The second-order valence-corrected chi connectivity index (χ2v) is 10.5. The number of hydrogen-bond donors (Lipinski definition) is 1. The van der Waals surface area contributed by atoms with E-state index in [4.69, 9.17) is 0 Å². The van der Waals surface area contributed by atoms with Gasteiger partial charge in [-0.15, -0.1) is 0 Å². The normalized spacial score (nSPS) is 21.1. The number of nitrogens with zero attached hydrogens (tertiary/aromatic N) is 3. The van der Waals surface area contributed by atoms with Crippen LogP contribution in [0.3, 0.4) is 0 Å². The molecule has 1 N–H and O–H groups in total. The molecule has 0 radical (unpaired) electrons. The van der Waals surface area contributed by atoms with Gasteiger partial charge in [0.05, 0.1) is 28.1 Å². The first-order valence-corrected chi connectivity index (χ1v) is 11.7. The van der Waals surface area contributed by atoms with Crippen LogP contribution in [0.15, 0.2) is 47.6 Å². The summed E-state index contributed by atoms with van der Waals surface area (Å²) in [7, 11) is -2.10. The minimum atomic E-state index is -3.80. The third-order valence-electron chi connectivity index (χ3n) is 6.16. The number of pyridine rings is 1. The lowest BCUT2D eigenvalue weighted by Gasteiger charge is -2.31. The van der Waals surface area contributed by atoms with Crippen LogP contribution in [0.2, 0.25) is 0 Å². The highest BCUT2D eigenvalue weighted by molar-refractivity contribution is 7.89. The van der Waals surface area contributed by atoms with Crippen LogP contribution in [0, 0.1) is 5.92 Å². The van der Waals surface area contributed by atoms with Crippen LogP contribution in [0.4, 0.5) is 11.4 Å². The molecule has 2 amide bonds. The molecule has 31 heavy (non-hydrogen) atoms. The van der Waals surface area contributed by atoms with Gasteiger partial charge in [0.15, 0.2) is 0 Å². The first kappa shape index (κ1) is 21.5. The Morgan fingerprint density at radius 1 is 1.26 bits per heavy atom. The average Bonchev–Trinajstić information content (AvgIpc) is 2.94. The summed E-state index contributed by atoms with van der Waals surface area (Å²) in [6.07, 6.45) is 4.39. The summed E-state index contributed by atoms with van der Waals surface area (Å²) < 4.78 is 28.1. The minimum absolute atomic E-state index is 0.0674. The van der Waals surface area contributed by atoms with E-state index < -0.39 is 21.4 Å². The number of carbonyl (C=O) groups is 2. The molecule has 2 aliphatic heterocycles. The van der Waals surface area contributed by atoms with Crippen molar-refractivity contribution in [1.82, 2.24) is 9.29 Å². The number of anilines is 2. The fourth-order valence-corrected chi connectivity index (χ4v) is 5.87. The molecule has 1 aromatic carbocycles. The summed E-state index contributed by atoms with van der Waals surface area (Å²) in [6, 6.07) is 8.30. The van der Waals surface area contributed by atoms with E-state index in [2.05, 4.69) is 10.3 Å². The van der Waals surface area contributed by atoms with E-state index in [-0.39, 0.29) is 23.3 Å². The smallest absolute Gasteiger partial charge is 0.243 e. The first-order valence-electron chi connectivity index (χ1n) is 10.3. The fourth-order valence-electron chi connectivity index (χ4n) is 4.32. The maximum atomic E-state index is 13.4. The molecule has 0 bridgehead atoms. The predicted molar refractivity (Wildman–Crippen MR) is 117 cm³/mol. The number of benzene rings is 1. The van der Waals surface area contributed by atoms with Gasteiger partial charge >= 0.3 is 0 Å². The van der Waals surface area contributed by atoms with Crippen LogP contribution in [0.25, 0.3) is 0 Å². The van der Waals surface area contributed by atoms with Crippen molar-refractivity contribution in [3.05, 3.63) is 48.3 Å². The molecule has 8 nitrogen and oxygen atoms in total. The zero-order valence-electron chi connectivity index (χ0n) is 17.8. The van der Waals surface area contributed by atoms with Crippen LogP contribution in [0.5, 0.6) is 0 Å². The highest BCUT2D eigenvalue weighted by Crippen LogP contribution is 2.42. The van der Waals surface area contributed by atoms with Gasteiger partial charge in [0, 0.05) is 32.0 Å². The van der Waals surface area contributed by atoms with Gasteiger partial charge in [0.25, 0.3) is 0 Å². The Kier molecular flexibility index (Phi) is 5.35. The first-order chi connectivity index (χ1) is 14.6. The van der Waals surface area contributed by atoms with Crippen molar-refractivity contribution in [3.63, 3.8) is 0 Å². The van der Waals surface area contributed by atoms with Gasteiger partial charge in [-0.25, -0.2) is 8.42 Å². The van der Waals surface area contributed by atoms with E-state index in [0.29, 0.717) is 30.6 Å². The molecular formula is C22H26N4O4S. The summed E-state index contributed by atoms with van der Waals surface area (Å²) in [5, 5.41) is 2.81. The van der Waals surface area contributed by atoms with E-state index in [1.807, 2.05) is 0 Å². The van der Waals surface area contributed by atoms with Crippen molar-refractivity contribution in [3.8, 4) is 0 Å².